The SMILES string of the molecule is C=C[C@@]1(COP(NCC(=O)OC(C)C)Oc2ccc3ccccc3c2)CCC(n2ccc(N)nc2=O)O1. The average Bonchev–Trinajstić information content (AvgIpc) is 3.30. The van der Waals surface area contributed by atoms with Crippen LogP contribution in [-0.2, 0) is 18.8 Å². The molecule has 4 rings (SSSR count). The van der Waals surface area contributed by atoms with E-state index in [1.54, 1.807) is 32.2 Å². The van der Waals surface area contributed by atoms with Crippen LogP contribution in [-0.4, -0.2) is 40.4 Å². The molecule has 3 atom stereocenters. The maximum atomic E-state index is 12.3. The lowest BCUT2D eigenvalue weighted by Crippen LogP contribution is -2.34. The fraction of sp³-hybridized carbons (Fsp3) is 0.346. The van der Waals surface area contributed by atoms with Gasteiger partial charge < -0.3 is 24.3 Å². The third-order valence-corrected chi connectivity index (χ3v) is 6.93. The molecule has 0 spiro atoms. The van der Waals surface area contributed by atoms with Crippen LogP contribution < -0.4 is 21.0 Å². The van der Waals surface area contributed by atoms with Gasteiger partial charge in [-0.3, -0.25) is 9.36 Å². The van der Waals surface area contributed by atoms with E-state index >= 15 is 0 Å². The van der Waals surface area contributed by atoms with E-state index in [4.69, 9.17) is 24.3 Å². The highest BCUT2D eigenvalue weighted by Crippen LogP contribution is 2.42. The Morgan fingerprint density at radius 3 is 2.84 bits per heavy atom. The van der Waals surface area contributed by atoms with Crippen molar-refractivity contribution in [2.45, 2.75) is 44.6 Å². The lowest BCUT2D eigenvalue weighted by atomic mass is 10.0. The number of anilines is 1. The number of esters is 1. The van der Waals surface area contributed by atoms with Crippen molar-refractivity contribution < 1.29 is 23.3 Å². The van der Waals surface area contributed by atoms with Crippen LogP contribution in [0.5, 0.6) is 5.75 Å². The zero-order valence-corrected chi connectivity index (χ0v) is 21.7. The van der Waals surface area contributed by atoms with Crippen molar-refractivity contribution in [2.75, 3.05) is 18.9 Å². The largest absolute Gasteiger partial charge is 0.462 e. The second-order valence-electron chi connectivity index (χ2n) is 8.93. The molecular weight excluding hydrogens is 495 g/mol. The number of nitrogen functional groups attached to an aromatic ring is 1. The molecule has 196 valence electrons. The molecule has 11 heteroatoms. The molecule has 0 aliphatic carbocycles. The predicted octanol–water partition coefficient (Wildman–Crippen LogP) is 4.08. The molecule has 1 aliphatic heterocycles. The van der Waals surface area contributed by atoms with Gasteiger partial charge in [-0.1, -0.05) is 36.4 Å². The molecule has 1 fully saturated rings. The minimum atomic E-state index is -1.76. The number of fused-ring (bicyclic) bond motifs is 1. The zero-order valence-electron chi connectivity index (χ0n) is 20.8. The highest BCUT2D eigenvalue weighted by atomic mass is 31.2. The van der Waals surface area contributed by atoms with Gasteiger partial charge in [0.15, 0.2) is 0 Å². The molecule has 0 amide bonds. The number of rotatable bonds is 11. The van der Waals surface area contributed by atoms with Crippen molar-refractivity contribution >= 4 is 31.1 Å². The van der Waals surface area contributed by atoms with E-state index < -0.39 is 32.0 Å². The quantitative estimate of drug-likeness (QED) is 0.216. The van der Waals surface area contributed by atoms with E-state index in [1.165, 1.54) is 4.57 Å². The summed E-state index contributed by atoms with van der Waals surface area (Å²) in [5.74, 6) is 0.321. The van der Waals surface area contributed by atoms with Crippen LogP contribution in [0.15, 0.2) is 72.2 Å². The number of nitrogens with two attached hydrogens (primary N) is 1. The van der Waals surface area contributed by atoms with Crippen molar-refractivity contribution in [1.82, 2.24) is 14.6 Å². The molecule has 2 aromatic carbocycles. The number of hydrogen-bond acceptors (Lipinski definition) is 9. The second-order valence-corrected chi connectivity index (χ2v) is 10.2. The Kier molecular flexibility index (Phi) is 8.56. The fourth-order valence-electron chi connectivity index (χ4n) is 3.94. The van der Waals surface area contributed by atoms with Crippen molar-refractivity contribution in [3.8, 4) is 5.75 Å². The predicted molar refractivity (Wildman–Crippen MR) is 142 cm³/mol. The molecule has 3 aromatic rings. The first-order valence-electron chi connectivity index (χ1n) is 12.0. The van der Waals surface area contributed by atoms with E-state index in [-0.39, 0.29) is 25.1 Å². The molecule has 0 radical (unpaired) electrons. The maximum absolute atomic E-state index is 12.3. The van der Waals surface area contributed by atoms with Gasteiger partial charge in [-0.05, 0) is 55.7 Å². The molecule has 2 unspecified atom stereocenters. The highest BCUT2D eigenvalue weighted by molar-refractivity contribution is 7.45. The van der Waals surface area contributed by atoms with Crippen LogP contribution in [0.3, 0.4) is 0 Å². The van der Waals surface area contributed by atoms with Gasteiger partial charge in [0.1, 0.15) is 29.9 Å². The molecule has 1 saturated heterocycles. The number of aromatic nitrogens is 2. The number of nitrogens with one attached hydrogen (secondary N) is 1. The zero-order chi connectivity index (χ0) is 26.4. The maximum Gasteiger partial charge on any atom is 0.351 e. The smallest absolute Gasteiger partial charge is 0.351 e. The van der Waals surface area contributed by atoms with Gasteiger partial charge in [0, 0.05) is 6.20 Å². The van der Waals surface area contributed by atoms with Crippen LogP contribution >= 0.6 is 8.53 Å². The first kappa shape index (κ1) is 26.8. The van der Waals surface area contributed by atoms with Crippen molar-refractivity contribution in [2.24, 2.45) is 0 Å². The molecule has 2 heterocycles. The van der Waals surface area contributed by atoms with Crippen LogP contribution in [0.1, 0.15) is 32.9 Å². The lowest BCUT2D eigenvalue weighted by Gasteiger charge is -2.28. The Morgan fingerprint density at radius 1 is 1.32 bits per heavy atom. The number of benzene rings is 2. The van der Waals surface area contributed by atoms with Gasteiger partial charge in [-0.2, -0.15) is 4.98 Å². The van der Waals surface area contributed by atoms with Crippen molar-refractivity contribution in [3.05, 3.63) is 77.9 Å². The monoisotopic (exact) mass is 526 g/mol. The van der Waals surface area contributed by atoms with Crippen LogP contribution in [0.4, 0.5) is 5.82 Å². The Bertz CT molecular complexity index is 1320. The summed E-state index contributed by atoms with van der Waals surface area (Å²) < 4.78 is 25.1. The molecule has 37 heavy (non-hydrogen) atoms. The summed E-state index contributed by atoms with van der Waals surface area (Å²) in [7, 11) is -1.76. The Morgan fingerprint density at radius 2 is 2.11 bits per heavy atom. The van der Waals surface area contributed by atoms with Crippen LogP contribution in [0, 0.1) is 0 Å². The van der Waals surface area contributed by atoms with Gasteiger partial charge in [-0.15, -0.1) is 6.58 Å². The summed E-state index contributed by atoms with van der Waals surface area (Å²) >= 11 is 0. The summed E-state index contributed by atoms with van der Waals surface area (Å²) in [6.45, 7) is 7.50. The van der Waals surface area contributed by atoms with E-state index in [9.17, 15) is 9.59 Å². The number of carbonyl (C=O) groups is 1. The minimum absolute atomic E-state index is 0.0888. The Hall–Kier alpha value is -3.30. The molecule has 3 N–H and O–H groups in total. The summed E-state index contributed by atoms with van der Waals surface area (Å²) in [6, 6.07) is 15.2. The first-order chi connectivity index (χ1) is 17.8. The third kappa shape index (κ3) is 6.93. The standard InChI is InChI=1S/C26H31N4O6P/c1-4-26(13-11-23(35-26)30-14-12-22(27)29-25(30)32)17-33-37(28-16-24(31)34-18(2)3)36-21-10-9-19-7-5-6-8-20(19)15-21/h4-10,12,14-15,18,23,28H,1,11,13,16-17H2,2-3H3,(H2,27,29,32)/t23?,26-,37?/m0/s1. The van der Waals surface area contributed by atoms with Gasteiger partial charge >= 0.3 is 20.2 Å². The summed E-state index contributed by atoms with van der Waals surface area (Å²) in [5, 5.41) is 5.12. The third-order valence-electron chi connectivity index (χ3n) is 5.77. The van der Waals surface area contributed by atoms with E-state index in [1.807, 2.05) is 42.5 Å². The second kappa shape index (κ2) is 11.8. The van der Waals surface area contributed by atoms with Crippen molar-refractivity contribution in [3.63, 3.8) is 0 Å². The van der Waals surface area contributed by atoms with E-state index in [0.717, 1.165) is 10.8 Å². The molecule has 1 aromatic heterocycles. The highest BCUT2D eigenvalue weighted by Gasteiger charge is 2.40. The van der Waals surface area contributed by atoms with E-state index in [2.05, 4.69) is 16.7 Å². The van der Waals surface area contributed by atoms with Crippen LogP contribution in [0.2, 0.25) is 0 Å². The molecule has 1 aliphatic rings. The average molecular weight is 527 g/mol. The van der Waals surface area contributed by atoms with Crippen LogP contribution in [0.25, 0.3) is 10.8 Å². The van der Waals surface area contributed by atoms with E-state index in [0.29, 0.717) is 18.6 Å². The molecule has 0 bridgehead atoms. The molecular formula is C26H31N4O6P. The summed E-state index contributed by atoms with van der Waals surface area (Å²) in [6.07, 6.45) is 3.57. The summed E-state index contributed by atoms with van der Waals surface area (Å²) in [5.41, 5.74) is 4.25. The topological polar surface area (TPSA) is 127 Å². The molecule has 10 nitrogen and oxygen atoms in total. The first-order valence-corrected chi connectivity index (χ1v) is 13.1. The number of carbonyl (C=O) groups excluding carboxylic acids is 1. The van der Waals surface area contributed by atoms with Gasteiger partial charge in [0.05, 0.1) is 12.7 Å². The summed E-state index contributed by atoms with van der Waals surface area (Å²) in [4.78, 5) is 28.2. The normalized spacial score (nSPS) is 20.1. The number of ether oxygens (including phenoxy) is 2. The van der Waals surface area contributed by atoms with Gasteiger partial charge in [-0.25, -0.2) is 9.88 Å². The fourth-order valence-corrected chi connectivity index (χ4v) is 5.05. The molecule has 0 saturated carbocycles. The number of hydrogen-bond donors (Lipinski definition) is 2. The van der Waals surface area contributed by atoms with Gasteiger partial charge in [0.25, 0.3) is 0 Å². The van der Waals surface area contributed by atoms with Gasteiger partial charge in [0.2, 0.25) is 0 Å². The van der Waals surface area contributed by atoms with Crippen molar-refractivity contribution in [1.29, 1.82) is 0 Å². The minimum Gasteiger partial charge on any atom is -0.462 e. The Balaban J connectivity index is 1.46. The lowest BCUT2D eigenvalue weighted by molar-refractivity contribution is -0.145. The number of nitrogens with zero attached hydrogens (tertiary/aromatic N) is 2. The Labute approximate surface area is 216 Å².